The monoisotopic (exact) mass is 468 g/mol. The summed E-state index contributed by atoms with van der Waals surface area (Å²) in [6.07, 6.45) is 2.78. The summed E-state index contributed by atoms with van der Waals surface area (Å²) < 4.78 is 0. The molecule has 3 rings (SSSR count). The molecule has 1 amide bonds. The van der Waals surface area contributed by atoms with E-state index in [2.05, 4.69) is 69.1 Å². The molecule has 0 saturated heterocycles. The number of benzene rings is 2. The number of nitrogens with zero attached hydrogens (tertiary/aromatic N) is 3. The highest BCUT2D eigenvalue weighted by Crippen LogP contribution is 2.45. The minimum atomic E-state index is -0.444. The minimum absolute atomic E-state index is 0.0308. The average Bonchev–Trinajstić information content (AvgIpc) is 2.72. The summed E-state index contributed by atoms with van der Waals surface area (Å²) in [5, 5.41) is 14.9. The predicted molar refractivity (Wildman–Crippen MR) is 135 cm³/mol. The van der Waals surface area contributed by atoms with E-state index in [4.69, 9.17) is 0 Å². The number of hydrazone groups is 1. The fourth-order valence-corrected chi connectivity index (χ4v) is 5.44. The van der Waals surface area contributed by atoms with Crippen molar-refractivity contribution in [2.75, 3.05) is 10.7 Å². The van der Waals surface area contributed by atoms with Gasteiger partial charge >= 0.3 is 0 Å². The van der Waals surface area contributed by atoms with Gasteiger partial charge in [0.05, 0.1) is 16.9 Å². The van der Waals surface area contributed by atoms with Gasteiger partial charge in [0, 0.05) is 34.3 Å². The number of thioether (sulfide) groups is 1. The first-order chi connectivity index (χ1) is 15.5. The van der Waals surface area contributed by atoms with Crippen LogP contribution in [-0.2, 0) is 4.79 Å². The molecular formula is C25H32N4O3S. The Morgan fingerprint density at radius 1 is 1.33 bits per heavy atom. The van der Waals surface area contributed by atoms with Crippen LogP contribution < -0.4 is 10.3 Å². The first-order valence-electron chi connectivity index (χ1n) is 11.1. The number of aryl methyl sites for hydroxylation is 1. The van der Waals surface area contributed by atoms with E-state index in [1.165, 1.54) is 35.1 Å². The highest BCUT2D eigenvalue weighted by atomic mass is 32.2. The number of non-ortho nitro benzene ring substituents is 1. The third-order valence-corrected chi connectivity index (χ3v) is 7.00. The fraction of sp³-hybridized carbons (Fsp3) is 0.440. The minimum Gasteiger partial charge on any atom is -0.364 e. The highest BCUT2D eigenvalue weighted by molar-refractivity contribution is 8.00. The third kappa shape index (κ3) is 5.74. The van der Waals surface area contributed by atoms with E-state index in [1.807, 2.05) is 0 Å². The van der Waals surface area contributed by atoms with Crippen molar-refractivity contribution in [3.8, 4) is 0 Å². The van der Waals surface area contributed by atoms with E-state index in [0.717, 1.165) is 22.4 Å². The van der Waals surface area contributed by atoms with E-state index >= 15 is 0 Å². The van der Waals surface area contributed by atoms with Gasteiger partial charge in [0.15, 0.2) is 0 Å². The fourth-order valence-electron chi connectivity index (χ4n) is 4.75. The molecular weight excluding hydrogens is 436 g/mol. The van der Waals surface area contributed by atoms with Crippen LogP contribution in [0.5, 0.6) is 0 Å². The lowest BCUT2D eigenvalue weighted by atomic mass is 9.78. The molecule has 33 heavy (non-hydrogen) atoms. The molecule has 0 aromatic heterocycles. The van der Waals surface area contributed by atoms with Crippen LogP contribution in [0.25, 0.3) is 0 Å². The Morgan fingerprint density at radius 3 is 2.61 bits per heavy atom. The van der Waals surface area contributed by atoms with Crippen molar-refractivity contribution < 1.29 is 9.72 Å². The molecule has 1 N–H and O–H groups in total. The summed E-state index contributed by atoms with van der Waals surface area (Å²) in [5.74, 6) is 0.380. The van der Waals surface area contributed by atoms with Gasteiger partial charge in [-0.25, -0.2) is 5.43 Å². The van der Waals surface area contributed by atoms with Gasteiger partial charge in [0.1, 0.15) is 0 Å². The van der Waals surface area contributed by atoms with Gasteiger partial charge in [0.2, 0.25) is 5.91 Å². The van der Waals surface area contributed by atoms with Crippen molar-refractivity contribution in [2.24, 2.45) is 5.10 Å². The number of carbonyl (C=O) groups excluding carboxylic acids is 1. The van der Waals surface area contributed by atoms with Crippen molar-refractivity contribution in [3.05, 3.63) is 63.2 Å². The third-order valence-electron chi connectivity index (χ3n) is 5.99. The molecule has 0 fully saturated rings. The number of nitrogens with one attached hydrogen (secondary N) is 1. The SMILES string of the molecule is Cc1cc2c(cc1/C=N\NC(=O)CSc1ccc([N+](=O)[O-])cc1)[C@H](C)CC(C)(C)N2C(C)C. The largest absolute Gasteiger partial charge is 0.364 e. The van der Waals surface area contributed by atoms with Gasteiger partial charge in [-0.1, -0.05) is 6.92 Å². The van der Waals surface area contributed by atoms with E-state index in [0.29, 0.717) is 12.0 Å². The molecule has 0 aliphatic carbocycles. The van der Waals surface area contributed by atoms with E-state index < -0.39 is 4.92 Å². The van der Waals surface area contributed by atoms with Gasteiger partial charge in [-0.15, -0.1) is 11.8 Å². The quantitative estimate of drug-likeness (QED) is 0.246. The van der Waals surface area contributed by atoms with Crippen LogP contribution in [0.4, 0.5) is 11.4 Å². The van der Waals surface area contributed by atoms with Gasteiger partial charge in [-0.3, -0.25) is 14.9 Å². The number of amides is 1. The molecule has 7 nitrogen and oxygen atoms in total. The molecule has 0 radical (unpaired) electrons. The van der Waals surface area contributed by atoms with Crippen LogP contribution in [-0.4, -0.2) is 34.4 Å². The number of rotatable bonds is 7. The molecule has 0 spiro atoms. The maximum Gasteiger partial charge on any atom is 0.269 e. The van der Waals surface area contributed by atoms with E-state index in [9.17, 15) is 14.9 Å². The lowest BCUT2D eigenvalue weighted by Crippen LogP contribution is -2.51. The molecule has 1 aliphatic rings. The Hall–Kier alpha value is -2.87. The average molecular weight is 469 g/mol. The second-order valence-corrected chi connectivity index (χ2v) is 10.5. The lowest BCUT2D eigenvalue weighted by Gasteiger charge is -2.50. The molecule has 0 saturated carbocycles. The Kier molecular flexibility index (Phi) is 7.47. The Bertz CT molecular complexity index is 1060. The Morgan fingerprint density at radius 2 is 2.00 bits per heavy atom. The number of fused-ring (bicyclic) bond motifs is 1. The van der Waals surface area contributed by atoms with E-state index in [-0.39, 0.29) is 22.9 Å². The van der Waals surface area contributed by atoms with Crippen molar-refractivity contribution in [1.82, 2.24) is 5.43 Å². The summed E-state index contributed by atoms with van der Waals surface area (Å²) in [6.45, 7) is 13.4. The molecule has 0 unspecified atom stereocenters. The van der Waals surface area contributed by atoms with Crippen LogP contribution in [0.1, 0.15) is 63.6 Å². The highest BCUT2D eigenvalue weighted by Gasteiger charge is 2.37. The van der Waals surface area contributed by atoms with Crippen LogP contribution in [0.15, 0.2) is 46.4 Å². The summed E-state index contributed by atoms with van der Waals surface area (Å²) in [7, 11) is 0. The summed E-state index contributed by atoms with van der Waals surface area (Å²) >= 11 is 1.31. The molecule has 0 bridgehead atoms. The second kappa shape index (κ2) is 9.95. The van der Waals surface area contributed by atoms with E-state index in [1.54, 1.807) is 18.3 Å². The first-order valence-corrected chi connectivity index (χ1v) is 12.1. The van der Waals surface area contributed by atoms with Gasteiger partial charge in [-0.05, 0) is 87.9 Å². The molecule has 1 aliphatic heterocycles. The topological polar surface area (TPSA) is 87.8 Å². The zero-order chi connectivity index (χ0) is 24.3. The number of nitro groups is 1. The molecule has 1 heterocycles. The molecule has 8 heteroatoms. The van der Waals surface area contributed by atoms with Gasteiger partial charge in [0.25, 0.3) is 5.69 Å². The smallest absolute Gasteiger partial charge is 0.269 e. The van der Waals surface area contributed by atoms with Crippen LogP contribution in [0.2, 0.25) is 0 Å². The normalized spacial score (nSPS) is 17.3. The summed E-state index contributed by atoms with van der Waals surface area (Å²) in [4.78, 5) is 25.8. The summed E-state index contributed by atoms with van der Waals surface area (Å²) in [5.41, 5.74) is 7.41. The zero-order valence-electron chi connectivity index (χ0n) is 20.1. The standard InChI is InChI=1S/C25H32N4O3S/c1-16(2)28-23-11-17(3)19(12-22(23)18(4)13-25(28,5)6)14-26-27-24(30)15-33-21-9-7-20(8-10-21)29(31)32/h7-12,14,16,18H,13,15H2,1-6H3,(H,27,30)/b26-14-/t18-/m1/s1. The van der Waals surface area contributed by atoms with Crippen molar-refractivity contribution in [2.45, 2.75) is 70.4 Å². The molecule has 2 aromatic rings. The summed E-state index contributed by atoms with van der Waals surface area (Å²) in [6, 6.07) is 11.0. The predicted octanol–water partition coefficient (Wildman–Crippen LogP) is 5.65. The Balaban J connectivity index is 1.66. The zero-order valence-corrected chi connectivity index (χ0v) is 20.9. The van der Waals surface area contributed by atoms with Gasteiger partial charge in [-0.2, -0.15) is 5.10 Å². The number of hydrogen-bond donors (Lipinski definition) is 1. The Labute approximate surface area is 199 Å². The van der Waals surface area contributed by atoms with Gasteiger partial charge < -0.3 is 4.90 Å². The number of nitro benzene ring substituents is 1. The number of anilines is 1. The van der Waals surface area contributed by atoms with Crippen LogP contribution >= 0.6 is 11.8 Å². The number of carbonyl (C=O) groups is 1. The number of hydrogen-bond acceptors (Lipinski definition) is 6. The molecule has 2 aromatic carbocycles. The van der Waals surface area contributed by atoms with Crippen LogP contribution in [0.3, 0.4) is 0 Å². The van der Waals surface area contributed by atoms with Crippen molar-refractivity contribution in [3.63, 3.8) is 0 Å². The first kappa shape index (κ1) is 24.8. The second-order valence-electron chi connectivity index (χ2n) is 9.48. The molecule has 176 valence electrons. The lowest BCUT2D eigenvalue weighted by molar-refractivity contribution is -0.384. The van der Waals surface area contributed by atoms with Crippen molar-refractivity contribution in [1.29, 1.82) is 0 Å². The van der Waals surface area contributed by atoms with Crippen molar-refractivity contribution >= 4 is 35.3 Å². The maximum atomic E-state index is 12.2. The molecule has 1 atom stereocenters. The van der Waals surface area contributed by atoms with Crippen LogP contribution in [0, 0.1) is 17.0 Å². The maximum absolute atomic E-state index is 12.2.